The Morgan fingerprint density at radius 3 is 2.42 bits per heavy atom. The molecule has 3 rings (SSSR count). The van der Waals surface area contributed by atoms with Crippen molar-refractivity contribution in [2.24, 2.45) is 0 Å². The van der Waals surface area contributed by atoms with E-state index in [1.807, 2.05) is 0 Å². The lowest BCUT2D eigenvalue weighted by atomic mass is 10.2. The predicted molar refractivity (Wildman–Crippen MR) is 86.1 cm³/mol. The lowest BCUT2D eigenvalue weighted by Crippen LogP contribution is -2.45. The van der Waals surface area contributed by atoms with E-state index in [0.29, 0.717) is 17.7 Å². The molecule has 0 unspecified atom stereocenters. The zero-order chi connectivity index (χ0) is 17.1. The van der Waals surface area contributed by atoms with Crippen LogP contribution in [0, 0.1) is 11.6 Å². The van der Waals surface area contributed by atoms with E-state index in [4.69, 9.17) is 0 Å². The monoisotopic (exact) mass is 333 g/mol. The Kier molecular flexibility index (Phi) is 4.66. The van der Waals surface area contributed by atoms with Gasteiger partial charge in [-0.1, -0.05) is 0 Å². The number of carbonyl (C=O) groups is 1. The second kappa shape index (κ2) is 6.88. The van der Waals surface area contributed by atoms with Crippen molar-refractivity contribution in [3.8, 4) is 0 Å². The summed E-state index contributed by atoms with van der Waals surface area (Å²) >= 11 is 0. The number of nitrogens with zero attached hydrogens (tertiary/aromatic N) is 4. The lowest BCUT2D eigenvalue weighted by Gasteiger charge is -2.32. The van der Waals surface area contributed by atoms with E-state index in [1.54, 1.807) is 0 Å². The van der Waals surface area contributed by atoms with E-state index in [-0.39, 0.29) is 5.56 Å². The van der Waals surface area contributed by atoms with Gasteiger partial charge in [0.25, 0.3) is 5.91 Å². The van der Waals surface area contributed by atoms with Gasteiger partial charge >= 0.3 is 0 Å². The number of hydrogen-bond acceptors (Lipinski definition) is 5. The Balaban J connectivity index is 1.66. The quantitative estimate of drug-likeness (QED) is 0.927. The van der Waals surface area contributed by atoms with Crippen LogP contribution in [0.15, 0.2) is 30.6 Å². The SMILES string of the molecule is CN1CCN(c2ncc(NC(=O)c3ccc(F)cc3F)cn2)CC1. The number of anilines is 2. The number of hydrogen-bond donors (Lipinski definition) is 1. The third-order valence-corrected chi connectivity index (χ3v) is 3.86. The highest BCUT2D eigenvalue weighted by Crippen LogP contribution is 2.15. The Morgan fingerprint density at radius 1 is 1.12 bits per heavy atom. The summed E-state index contributed by atoms with van der Waals surface area (Å²) in [6.07, 6.45) is 2.94. The summed E-state index contributed by atoms with van der Waals surface area (Å²) in [5.74, 6) is -1.73. The highest BCUT2D eigenvalue weighted by atomic mass is 19.1. The molecule has 1 N–H and O–H groups in total. The van der Waals surface area contributed by atoms with Crippen LogP contribution >= 0.6 is 0 Å². The molecule has 1 fully saturated rings. The molecule has 0 spiro atoms. The minimum atomic E-state index is -0.914. The molecule has 1 aliphatic rings. The summed E-state index contributed by atoms with van der Waals surface area (Å²) in [6, 6.07) is 2.80. The molecule has 1 aromatic heterocycles. The maximum Gasteiger partial charge on any atom is 0.258 e. The van der Waals surface area contributed by atoms with Crippen molar-refractivity contribution in [2.45, 2.75) is 0 Å². The zero-order valence-electron chi connectivity index (χ0n) is 13.2. The summed E-state index contributed by atoms with van der Waals surface area (Å²) in [7, 11) is 2.06. The molecule has 24 heavy (non-hydrogen) atoms. The lowest BCUT2D eigenvalue weighted by molar-refractivity contribution is 0.102. The van der Waals surface area contributed by atoms with E-state index in [1.165, 1.54) is 12.4 Å². The van der Waals surface area contributed by atoms with Crippen molar-refractivity contribution in [3.05, 3.63) is 47.8 Å². The van der Waals surface area contributed by atoms with Gasteiger partial charge in [0.2, 0.25) is 5.95 Å². The summed E-state index contributed by atoms with van der Waals surface area (Å²) in [6.45, 7) is 3.55. The topological polar surface area (TPSA) is 61.4 Å². The van der Waals surface area contributed by atoms with Crippen LogP contribution in [0.3, 0.4) is 0 Å². The molecule has 2 aromatic rings. The number of amides is 1. The minimum absolute atomic E-state index is 0.237. The van der Waals surface area contributed by atoms with Gasteiger partial charge in [-0.2, -0.15) is 0 Å². The maximum atomic E-state index is 13.6. The van der Waals surface area contributed by atoms with E-state index in [0.717, 1.165) is 38.3 Å². The van der Waals surface area contributed by atoms with Gasteiger partial charge in [-0.3, -0.25) is 4.79 Å². The minimum Gasteiger partial charge on any atom is -0.338 e. The number of nitrogens with one attached hydrogen (secondary N) is 1. The fourth-order valence-electron chi connectivity index (χ4n) is 2.43. The molecule has 6 nitrogen and oxygen atoms in total. The van der Waals surface area contributed by atoms with Crippen LogP contribution in [0.1, 0.15) is 10.4 Å². The fraction of sp³-hybridized carbons (Fsp3) is 0.312. The Bertz CT molecular complexity index is 730. The Hall–Kier alpha value is -2.61. The van der Waals surface area contributed by atoms with Crippen LogP contribution in [-0.4, -0.2) is 54.0 Å². The normalized spacial score (nSPS) is 15.4. The summed E-state index contributed by atoms with van der Waals surface area (Å²) in [4.78, 5) is 24.8. The van der Waals surface area contributed by atoms with Gasteiger partial charge in [0.15, 0.2) is 0 Å². The zero-order valence-corrected chi connectivity index (χ0v) is 13.2. The number of aromatic nitrogens is 2. The number of rotatable bonds is 3. The largest absolute Gasteiger partial charge is 0.338 e. The Morgan fingerprint density at radius 2 is 1.79 bits per heavy atom. The molecule has 8 heteroatoms. The molecule has 1 saturated heterocycles. The Labute approximate surface area is 138 Å². The first-order valence-corrected chi connectivity index (χ1v) is 7.55. The van der Waals surface area contributed by atoms with Crippen LogP contribution in [0.2, 0.25) is 0 Å². The van der Waals surface area contributed by atoms with Crippen molar-refractivity contribution >= 4 is 17.5 Å². The molecule has 1 amide bonds. The average Bonchev–Trinajstić information content (AvgIpc) is 2.56. The van der Waals surface area contributed by atoms with Crippen molar-refractivity contribution in [2.75, 3.05) is 43.4 Å². The van der Waals surface area contributed by atoms with Gasteiger partial charge in [0.05, 0.1) is 23.6 Å². The summed E-state index contributed by atoms with van der Waals surface area (Å²) in [5.41, 5.74) is 0.112. The summed E-state index contributed by atoms with van der Waals surface area (Å²) < 4.78 is 26.5. The highest BCUT2D eigenvalue weighted by molar-refractivity contribution is 6.04. The van der Waals surface area contributed by atoms with Gasteiger partial charge in [-0.25, -0.2) is 18.7 Å². The predicted octanol–water partition coefficient (Wildman–Crippen LogP) is 1.76. The first-order chi connectivity index (χ1) is 11.5. The van der Waals surface area contributed by atoms with Crippen LogP contribution < -0.4 is 10.2 Å². The number of halogens is 2. The van der Waals surface area contributed by atoms with Crippen molar-refractivity contribution in [1.29, 1.82) is 0 Å². The van der Waals surface area contributed by atoms with E-state index in [2.05, 4.69) is 32.1 Å². The second-order valence-corrected chi connectivity index (χ2v) is 5.64. The molecular formula is C16H17F2N5O. The average molecular weight is 333 g/mol. The first-order valence-electron chi connectivity index (χ1n) is 7.55. The highest BCUT2D eigenvalue weighted by Gasteiger charge is 2.17. The van der Waals surface area contributed by atoms with Crippen LogP contribution in [0.5, 0.6) is 0 Å². The van der Waals surface area contributed by atoms with E-state index < -0.39 is 17.5 Å². The fourth-order valence-corrected chi connectivity index (χ4v) is 2.43. The first kappa shape index (κ1) is 16.3. The standard InChI is InChI=1S/C16H17F2N5O/c1-22-4-6-23(7-5-22)16-19-9-12(10-20-16)21-15(24)13-3-2-11(17)8-14(13)18/h2-3,8-10H,4-7H2,1H3,(H,21,24). The molecule has 126 valence electrons. The second-order valence-electron chi connectivity index (χ2n) is 5.64. The summed E-state index contributed by atoms with van der Waals surface area (Å²) in [5, 5.41) is 2.50. The molecule has 0 atom stereocenters. The third-order valence-electron chi connectivity index (χ3n) is 3.86. The van der Waals surface area contributed by atoms with Gasteiger partial charge in [0, 0.05) is 32.2 Å². The van der Waals surface area contributed by atoms with E-state index >= 15 is 0 Å². The maximum absolute atomic E-state index is 13.6. The van der Waals surface area contributed by atoms with Crippen molar-refractivity contribution < 1.29 is 13.6 Å². The smallest absolute Gasteiger partial charge is 0.258 e. The van der Waals surface area contributed by atoms with Crippen LogP contribution in [0.25, 0.3) is 0 Å². The van der Waals surface area contributed by atoms with Gasteiger partial charge in [-0.15, -0.1) is 0 Å². The molecule has 1 aromatic carbocycles. The van der Waals surface area contributed by atoms with Crippen molar-refractivity contribution in [1.82, 2.24) is 14.9 Å². The van der Waals surface area contributed by atoms with E-state index in [9.17, 15) is 13.6 Å². The molecule has 0 aliphatic carbocycles. The molecule has 2 heterocycles. The molecule has 0 bridgehead atoms. The number of benzene rings is 1. The number of piperazine rings is 1. The third kappa shape index (κ3) is 3.65. The van der Waals surface area contributed by atoms with Crippen LogP contribution in [0.4, 0.5) is 20.4 Å². The van der Waals surface area contributed by atoms with Gasteiger partial charge in [-0.05, 0) is 19.2 Å². The molecule has 1 aliphatic heterocycles. The number of likely N-dealkylation sites (N-methyl/N-ethyl adjacent to an activating group) is 1. The van der Waals surface area contributed by atoms with Crippen LogP contribution in [-0.2, 0) is 0 Å². The van der Waals surface area contributed by atoms with Crippen molar-refractivity contribution in [3.63, 3.8) is 0 Å². The number of carbonyl (C=O) groups excluding carboxylic acids is 1. The molecular weight excluding hydrogens is 316 g/mol. The molecule has 0 radical (unpaired) electrons. The van der Waals surface area contributed by atoms with Gasteiger partial charge < -0.3 is 15.1 Å². The molecule has 0 saturated carbocycles. The van der Waals surface area contributed by atoms with Gasteiger partial charge in [0.1, 0.15) is 11.6 Å².